The summed E-state index contributed by atoms with van der Waals surface area (Å²) in [5, 5.41) is 3.25. The van der Waals surface area contributed by atoms with E-state index >= 15 is 0 Å². The van der Waals surface area contributed by atoms with Gasteiger partial charge in [0.15, 0.2) is 5.96 Å². The average molecular weight is 429 g/mol. The zero-order valence-corrected chi connectivity index (χ0v) is 19.5. The monoisotopic (exact) mass is 428 g/mol. The molecule has 1 aliphatic rings. The summed E-state index contributed by atoms with van der Waals surface area (Å²) in [7, 11) is 0. The number of hydrogen-bond acceptors (Lipinski definition) is 3. The number of piperidine rings is 1. The zero-order chi connectivity index (χ0) is 22.7. The Labute approximate surface area is 187 Å². The number of likely N-dealkylation sites (tertiary alicyclic amines) is 1. The maximum absolute atomic E-state index is 12.9. The molecule has 0 saturated carbocycles. The molecule has 0 aromatic heterocycles. The van der Waals surface area contributed by atoms with Crippen LogP contribution in [-0.2, 0) is 9.59 Å². The van der Waals surface area contributed by atoms with Gasteiger partial charge in [0.2, 0.25) is 5.91 Å². The minimum atomic E-state index is -0.624. The van der Waals surface area contributed by atoms with Gasteiger partial charge in [-0.1, -0.05) is 69.9 Å². The van der Waals surface area contributed by atoms with Gasteiger partial charge in [-0.15, -0.1) is 0 Å². The summed E-state index contributed by atoms with van der Waals surface area (Å²) in [6.45, 7) is 7.58. The third kappa shape index (κ3) is 7.37. The van der Waals surface area contributed by atoms with Crippen LogP contribution in [0.15, 0.2) is 35.3 Å². The maximum Gasteiger partial charge on any atom is 0.229 e. The van der Waals surface area contributed by atoms with Gasteiger partial charge in [0.1, 0.15) is 6.29 Å². The smallest absolute Gasteiger partial charge is 0.229 e. The van der Waals surface area contributed by atoms with Crippen molar-refractivity contribution in [1.29, 1.82) is 0 Å². The number of guanidine groups is 1. The molecular formula is C25H40N4O2. The van der Waals surface area contributed by atoms with Crippen LogP contribution in [0.4, 0.5) is 0 Å². The second-order valence-electron chi connectivity index (χ2n) is 8.81. The molecule has 31 heavy (non-hydrogen) atoms. The number of carbonyl (C=O) groups is 2. The van der Waals surface area contributed by atoms with Crippen molar-refractivity contribution in [1.82, 2.24) is 10.2 Å². The first-order chi connectivity index (χ1) is 14.9. The predicted octanol–water partition coefficient (Wildman–Crippen LogP) is 4.00. The molecule has 1 fully saturated rings. The van der Waals surface area contributed by atoms with Gasteiger partial charge >= 0.3 is 0 Å². The lowest BCUT2D eigenvalue weighted by atomic mass is 9.88. The number of aldehydes is 1. The van der Waals surface area contributed by atoms with E-state index in [9.17, 15) is 9.59 Å². The lowest BCUT2D eigenvalue weighted by Gasteiger charge is -2.33. The highest BCUT2D eigenvalue weighted by molar-refractivity contribution is 5.84. The second-order valence-corrected chi connectivity index (χ2v) is 8.81. The lowest BCUT2D eigenvalue weighted by Crippen LogP contribution is -2.53. The van der Waals surface area contributed by atoms with Crippen molar-refractivity contribution in [2.75, 3.05) is 13.1 Å². The quantitative estimate of drug-likeness (QED) is 0.317. The first kappa shape index (κ1) is 24.9. The summed E-state index contributed by atoms with van der Waals surface area (Å²) in [5.74, 6) is 0.374. The molecule has 0 spiro atoms. The Hall–Kier alpha value is -2.37. The number of aliphatic imine (C=N–C) groups is 1. The van der Waals surface area contributed by atoms with Crippen molar-refractivity contribution >= 4 is 18.2 Å². The largest absolute Gasteiger partial charge is 0.370 e. The van der Waals surface area contributed by atoms with Gasteiger partial charge in [-0.25, -0.2) is 4.99 Å². The van der Waals surface area contributed by atoms with E-state index in [2.05, 4.69) is 24.2 Å². The average Bonchev–Trinajstić information content (AvgIpc) is 2.81. The number of unbranched alkanes of at least 4 members (excludes halogenated alkanes) is 2. The molecule has 1 aromatic rings. The van der Waals surface area contributed by atoms with E-state index in [0.717, 1.165) is 63.2 Å². The van der Waals surface area contributed by atoms with Crippen molar-refractivity contribution in [2.45, 2.75) is 89.6 Å². The molecule has 3 N–H and O–H groups in total. The topological polar surface area (TPSA) is 87.8 Å². The second kappa shape index (κ2) is 12.5. The number of carbonyl (C=O) groups excluding carboxylic acids is 2. The van der Waals surface area contributed by atoms with E-state index in [1.807, 2.05) is 42.2 Å². The van der Waals surface area contributed by atoms with Crippen LogP contribution >= 0.6 is 0 Å². The highest BCUT2D eigenvalue weighted by Gasteiger charge is 2.30. The Morgan fingerprint density at radius 2 is 1.77 bits per heavy atom. The van der Waals surface area contributed by atoms with Gasteiger partial charge in [0.25, 0.3) is 0 Å². The Morgan fingerprint density at radius 3 is 2.29 bits per heavy atom. The molecule has 0 radical (unpaired) electrons. The van der Waals surface area contributed by atoms with Crippen molar-refractivity contribution in [2.24, 2.45) is 10.7 Å². The predicted molar refractivity (Wildman–Crippen MR) is 127 cm³/mol. The number of benzene rings is 1. The van der Waals surface area contributed by atoms with Crippen molar-refractivity contribution in [3.8, 4) is 0 Å². The molecule has 0 bridgehead atoms. The molecule has 1 atom stereocenters. The molecular weight excluding hydrogens is 388 g/mol. The van der Waals surface area contributed by atoms with Gasteiger partial charge < -0.3 is 20.7 Å². The lowest BCUT2D eigenvalue weighted by molar-refractivity contribution is -0.133. The molecule has 1 unspecified atom stereocenters. The Morgan fingerprint density at radius 1 is 1.19 bits per heavy atom. The van der Waals surface area contributed by atoms with Crippen LogP contribution in [0.5, 0.6) is 0 Å². The van der Waals surface area contributed by atoms with Crippen LogP contribution in [0.1, 0.15) is 83.6 Å². The first-order valence-electron chi connectivity index (χ1n) is 11.9. The van der Waals surface area contributed by atoms with Gasteiger partial charge in [0, 0.05) is 13.1 Å². The standard InChI is InChI=1S/C25H40N4O2/c1-4-6-15-25(19-30,16-7-5-2)28-24(26)27-22-13-17-29(18-14-22)23(31)20(3)21-11-9-8-10-12-21/h8-12,19-20,22H,4-7,13-18H2,1-3H3,(H3,26,27,28). The molecule has 6 nitrogen and oxygen atoms in total. The van der Waals surface area contributed by atoms with Crippen LogP contribution in [0.3, 0.4) is 0 Å². The Balaban J connectivity index is 1.93. The SMILES string of the molecule is CCCCC(C=O)(CCCC)NC(N)=NC1CCN(C(=O)C(C)c2ccccc2)CC1. The van der Waals surface area contributed by atoms with Gasteiger partial charge in [-0.3, -0.25) is 4.79 Å². The molecule has 1 amide bonds. The molecule has 0 aliphatic carbocycles. The number of nitrogens with one attached hydrogen (secondary N) is 1. The van der Waals surface area contributed by atoms with Crippen LogP contribution in [-0.4, -0.2) is 47.7 Å². The van der Waals surface area contributed by atoms with E-state index in [1.165, 1.54) is 0 Å². The van der Waals surface area contributed by atoms with Crippen LogP contribution in [0, 0.1) is 0 Å². The fraction of sp³-hybridized carbons (Fsp3) is 0.640. The summed E-state index contributed by atoms with van der Waals surface area (Å²) in [6, 6.07) is 9.98. The van der Waals surface area contributed by atoms with Gasteiger partial charge in [-0.05, 0) is 38.2 Å². The van der Waals surface area contributed by atoms with E-state index < -0.39 is 5.54 Å². The molecule has 1 heterocycles. The van der Waals surface area contributed by atoms with Crippen molar-refractivity contribution in [3.63, 3.8) is 0 Å². The number of hydrogen-bond donors (Lipinski definition) is 2. The van der Waals surface area contributed by atoms with Crippen molar-refractivity contribution in [3.05, 3.63) is 35.9 Å². The number of nitrogens with zero attached hydrogens (tertiary/aromatic N) is 2. The summed E-state index contributed by atoms with van der Waals surface area (Å²) in [5.41, 5.74) is 6.65. The summed E-state index contributed by atoms with van der Waals surface area (Å²) in [4.78, 5) is 31.4. The zero-order valence-electron chi connectivity index (χ0n) is 19.5. The van der Waals surface area contributed by atoms with E-state index in [4.69, 9.17) is 5.73 Å². The summed E-state index contributed by atoms with van der Waals surface area (Å²) >= 11 is 0. The fourth-order valence-electron chi connectivity index (χ4n) is 4.24. The molecule has 1 aliphatic heterocycles. The highest BCUT2D eigenvalue weighted by Crippen LogP contribution is 2.23. The van der Waals surface area contributed by atoms with E-state index in [-0.39, 0.29) is 17.9 Å². The number of nitrogens with two attached hydrogens (primary N) is 1. The van der Waals surface area contributed by atoms with Gasteiger partial charge in [-0.2, -0.15) is 0 Å². The molecule has 172 valence electrons. The summed E-state index contributed by atoms with van der Waals surface area (Å²) < 4.78 is 0. The Kier molecular flexibility index (Phi) is 10.0. The van der Waals surface area contributed by atoms with Gasteiger partial charge in [0.05, 0.1) is 17.5 Å². The first-order valence-corrected chi connectivity index (χ1v) is 11.9. The molecule has 6 heteroatoms. The Bertz CT molecular complexity index is 703. The third-order valence-electron chi connectivity index (χ3n) is 6.32. The maximum atomic E-state index is 12.9. The van der Waals surface area contributed by atoms with Crippen molar-refractivity contribution < 1.29 is 9.59 Å². The number of amides is 1. The minimum Gasteiger partial charge on any atom is -0.370 e. The molecule has 2 rings (SSSR count). The van der Waals surface area contributed by atoms with E-state index in [0.29, 0.717) is 19.0 Å². The van der Waals surface area contributed by atoms with Crippen LogP contribution in [0.2, 0.25) is 0 Å². The minimum absolute atomic E-state index is 0.0743. The highest BCUT2D eigenvalue weighted by atomic mass is 16.2. The van der Waals surface area contributed by atoms with E-state index in [1.54, 1.807) is 0 Å². The van der Waals surface area contributed by atoms with Crippen LogP contribution in [0.25, 0.3) is 0 Å². The normalized spacial score (nSPS) is 16.7. The fourth-order valence-corrected chi connectivity index (χ4v) is 4.24. The third-order valence-corrected chi connectivity index (χ3v) is 6.32. The van der Waals surface area contributed by atoms with Crippen LogP contribution < -0.4 is 11.1 Å². The molecule has 1 saturated heterocycles. The summed E-state index contributed by atoms with van der Waals surface area (Å²) in [6.07, 6.45) is 8.16. The number of rotatable bonds is 11. The molecule has 1 aromatic carbocycles.